The van der Waals surface area contributed by atoms with Gasteiger partial charge in [0.05, 0.1) is 0 Å². The zero-order chi connectivity index (χ0) is 34.8. The lowest BCUT2D eigenvalue weighted by atomic mass is 10.1. The normalized spacial score (nSPS) is 10.5. The van der Waals surface area contributed by atoms with Crippen LogP contribution in [0.5, 0.6) is 0 Å². The van der Waals surface area contributed by atoms with E-state index in [1.165, 1.54) is 56.0 Å². The lowest BCUT2D eigenvalue weighted by Gasteiger charge is -2.13. The van der Waals surface area contributed by atoms with E-state index in [4.69, 9.17) is 27.1 Å². The molecule has 0 saturated heterocycles. The SMILES string of the molecule is CCN(CC)CC.Cc1ccccc1-c1noc(-c2ccc(F)cc2)n1.Cc1ccccc1C(N)=NO.O=C(Cl)c1ccc(F)cc1. The molecule has 0 saturated carbocycles. The molecule has 0 unspecified atom stereocenters. The van der Waals surface area contributed by atoms with Crippen molar-refractivity contribution in [1.82, 2.24) is 15.0 Å². The predicted octanol–water partition coefficient (Wildman–Crippen LogP) is 8.49. The summed E-state index contributed by atoms with van der Waals surface area (Å²) in [6.45, 7) is 14.0. The highest BCUT2D eigenvalue weighted by Gasteiger charge is 2.12. The van der Waals surface area contributed by atoms with Gasteiger partial charge in [0.15, 0.2) is 5.84 Å². The van der Waals surface area contributed by atoms with E-state index in [2.05, 4.69) is 41.0 Å². The number of amidine groups is 1. The van der Waals surface area contributed by atoms with Gasteiger partial charge in [0.1, 0.15) is 11.6 Å². The number of carbonyl (C=O) groups is 1. The van der Waals surface area contributed by atoms with Crippen LogP contribution in [0.4, 0.5) is 8.78 Å². The first-order valence-corrected chi connectivity index (χ1v) is 15.3. The monoisotopic (exact) mass is 663 g/mol. The third-order valence-corrected chi connectivity index (χ3v) is 7.06. The lowest BCUT2D eigenvalue weighted by Crippen LogP contribution is -2.21. The molecule has 0 bridgehead atoms. The summed E-state index contributed by atoms with van der Waals surface area (Å²) < 4.78 is 30.3. The highest BCUT2D eigenvalue weighted by Crippen LogP contribution is 2.24. The molecule has 8 nitrogen and oxygen atoms in total. The van der Waals surface area contributed by atoms with Crippen molar-refractivity contribution in [2.45, 2.75) is 34.6 Å². The quantitative estimate of drug-likeness (QED) is 0.0589. The van der Waals surface area contributed by atoms with Gasteiger partial charge in [-0.3, -0.25) is 4.79 Å². The van der Waals surface area contributed by atoms with Crippen LogP contribution >= 0.6 is 11.6 Å². The molecular weight excluding hydrogens is 624 g/mol. The predicted molar refractivity (Wildman–Crippen MR) is 184 cm³/mol. The number of nitrogens with zero attached hydrogens (tertiary/aromatic N) is 4. The molecule has 0 aliphatic heterocycles. The van der Waals surface area contributed by atoms with Crippen LogP contribution in [0.3, 0.4) is 0 Å². The Bertz CT molecular complexity index is 1680. The second-order valence-electron chi connectivity index (χ2n) is 9.95. The lowest BCUT2D eigenvalue weighted by molar-refractivity contribution is 0.108. The Morgan fingerprint density at radius 2 is 1.34 bits per heavy atom. The maximum atomic E-state index is 12.9. The van der Waals surface area contributed by atoms with Crippen LogP contribution in [0.1, 0.15) is 47.8 Å². The van der Waals surface area contributed by atoms with E-state index in [-0.39, 0.29) is 17.5 Å². The first-order valence-electron chi connectivity index (χ1n) is 14.9. The number of nitrogens with two attached hydrogens (primary N) is 1. The molecule has 0 atom stereocenters. The summed E-state index contributed by atoms with van der Waals surface area (Å²) >= 11 is 5.09. The molecule has 5 aromatic rings. The summed E-state index contributed by atoms with van der Waals surface area (Å²) in [5, 5.41) is 14.7. The molecule has 11 heteroatoms. The van der Waals surface area contributed by atoms with Gasteiger partial charge in [-0.1, -0.05) is 79.6 Å². The van der Waals surface area contributed by atoms with Crippen LogP contribution in [-0.4, -0.2) is 51.0 Å². The minimum Gasteiger partial charge on any atom is -0.409 e. The second kappa shape index (κ2) is 20.2. The molecule has 4 aromatic carbocycles. The molecular formula is C36H40ClF2N5O3. The first kappa shape index (κ1) is 38.3. The van der Waals surface area contributed by atoms with Gasteiger partial charge in [0, 0.05) is 22.3 Å². The van der Waals surface area contributed by atoms with Crippen LogP contribution in [-0.2, 0) is 0 Å². The molecule has 248 valence electrons. The third-order valence-electron chi connectivity index (χ3n) is 6.84. The van der Waals surface area contributed by atoms with Crippen LogP contribution in [0.15, 0.2) is 107 Å². The molecule has 1 aromatic heterocycles. The van der Waals surface area contributed by atoms with Gasteiger partial charge in [-0.05, 0) is 105 Å². The highest BCUT2D eigenvalue weighted by atomic mass is 35.5. The number of benzene rings is 4. The van der Waals surface area contributed by atoms with E-state index < -0.39 is 5.24 Å². The minimum absolute atomic E-state index is 0.156. The topological polar surface area (TPSA) is 118 Å². The number of hydrogen-bond donors (Lipinski definition) is 2. The third kappa shape index (κ3) is 12.8. The molecule has 0 aliphatic rings. The fourth-order valence-electron chi connectivity index (χ4n) is 4.03. The fourth-order valence-corrected chi connectivity index (χ4v) is 4.16. The Morgan fingerprint density at radius 3 is 1.81 bits per heavy atom. The number of halogens is 3. The molecule has 3 N–H and O–H groups in total. The highest BCUT2D eigenvalue weighted by molar-refractivity contribution is 6.67. The van der Waals surface area contributed by atoms with Crippen LogP contribution in [0.25, 0.3) is 22.8 Å². The van der Waals surface area contributed by atoms with Gasteiger partial charge in [0.2, 0.25) is 5.82 Å². The maximum absolute atomic E-state index is 12.9. The van der Waals surface area contributed by atoms with Crippen molar-refractivity contribution in [3.63, 3.8) is 0 Å². The summed E-state index contributed by atoms with van der Waals surface area (Å²) in [6, 6.07) is 26.3. The average Bonchev–Trinajstić information content (AvgIpc) is 3.57. The van der Waals surface area contributed by atoms with E-state index in [0.717, 1.165) is 22.3 Å². The summed E-state index contributed by atoms with van der Waals surface area (Å²) in [7, 11) is 0. The molecule has 0 aliphatic carbocycles. The van der Waals surface area contributed by atoms with Gasteiger partial charge in [-0.15, -0.1) is 0 Å². The number of hydrogen-bond acceptors (Lipinski definition) is 7. The van der Waals surface area contributed by atoms with E-state index in [1.807, 2.05) is 62.4 Å². The van der Waals surface area contributed by atoms with E-state index in [9.17, 15) is 13.6 Å². The number of aromatic nitrogens is 2. The number of oxime groups is 1. The van der Waals surface area contributed by atoms with Gasteiger partial charge in [-0.2, -0.15) is 4.98 Å². The van der Waals surface area contributed by atoms with Crippen molar-refractivity contribution in [2.24, 2.45) is 10.9 Å². The van der Waals surface area contributed by atoms with Gasteiger partial charge >= 0.3 is 0 Å². The summed E-state index contributed by atoms with van der Waals surface area (Å²) in [6.07, 6.45) is 0. The van der Waals surface area contributed by atoms with Crippen molar-refractivity contribution >= 4 is 22.7 Å². The molecule has 0 spiro atoms. The Hall–Kier alpha value is -4.93. The molecule has 47 heavy (non-hydrogen) atoms. The standard InChI is InChI=1S/C15H11FN2O.C8H10N2O.C7H4ClFO.C6H15N/c1-10-4-2-3-5-13(10)14-17-15(19-18-14)11-6-8-12(16)9-7-11;1-6-4-2-3-5-7(6)8(9)10-11;8-7(10)5-1-3-6(9)4-2-5;1-4-7(5-2)6-3/h2-9H,1H3;2-5,11H,1H3,(H2,9,10);1-4H;4-6H2,1-3H3. The molecule has 0 fully saturated rings. The Balaban J connectivity index is 0.000000236. The van der Waals surface area contributed by atoms with Crippen molar-refractivity contribution in [2.75, 3.05) is 19.6 Å². The van der Waals surface area contributed by atoms with Crippen molar-refractivity contribution in [1.29, 1.82) is 0 Å². The number of aryl methyl sites for hydroxylation is 2. The molecule has 0 amide bonds. The second-order valence-corrected chi connectivity index (χ2v) is 10.3. The van der Waals surface area contributed by atoms with E-state index >= 15 is 0 Å². The zero-order valence-electron chi connectivity index (χ0n) is 27.1. The smallest absolute Gasteiger partial charge is 0.258 e. The Kier molecular flexibility index (Phi) is 16.5. The van der Waals surface area contributed by atoms with Crippen molar-refractivity contribution in [3.05, 3.63) is 131 Å². The number of carbonyl (C=O) groups excluding carboxylic acids is 1. The fraction of sp³-hybridized carbons (Fsp3) is 0.222. The van der Waals surface area contributed by atoms with Gasteiger partial charge in [0.25, 0.3) is 11.1 Å². The molecule has 0 radical (unpaired) electrons. The summed E-state index contributed by atoms with van der Waals surface area (Å²) in [5.41, 5.74) is 10.2. The maximum Gasteiger partial charge on any atom is 0.258 e. The van der Waals surface area contributed by atoms with Crippen LogP contribution in [0.2, 0.25) is 0 Å². The zero-order valence-corrected chi connectivity index (χ0v) is 27.9. The molecule has 5 rings (SSSR count). The summed E-state index contributed by atoms with van der Waals surface area (Å²) in [4.78, 5) is 17.1. The Labute approximate surface area is 279 Å². The van der Waals surface area contributed by atoms with E-state index in [0.29, 0.717) is 22.8 Å². The summed E-state index contributed by atoms with van der Waals surface area (Å²) in [5.74, 6) is 0.419. The van der Waals surface area contributed by atoms with Crippen molar-refractivity contribution in [3.8, 4) is 22.8 Å². The first-order chi connectivity index (χ1) is 22.5. The van der Waals surface area contributed by atoms with Crippen LogP contribution < -0.4 is 5.73 Å². The average molecular weight is 664 g/mol. The minimum atomic E-state index is -0.569. The molecule has 1 heterocycles. The van der Waals surface area contributed by atoms with E-state index in [1.54, 1.807) is 12.1 Å². The Morgan fingerprint density at radius 1 is 0.830 bits per heavy atom. The van der Waals surface area contributed by atoms with Gasteiger partial charge in [-0.25, -0.2) is 8.78 Å². The largest absolute Gasteiger partial charge is 0.409 e. The van der Waals surface area contributed by atoms with Crippen LogP contribution in [0, 0.1) is 25.5 Å². The number of rotatable bonds is 7. The van der Waals surface area contributed by atoms with Crippen molar-refractivity contribution < 1.29 is 23.3 Å². The van der Waals surface area contributed by atoms with Gasteiger partial charge < -0.3 is 20.4 Å².